The fourth-order valence-electron chi connectivity index (χ4n) is 6.59. The Morgan fingerprint density at radius 3 is 2.36 bits per heavy atom. The third-order valence-electron chi connectivity index (χ3n) is 9.44. The lowest BCUT2D eigenvalue weighted by Gasteiger charge is -2.34. The maximum absolute atomic E-state index is 14.1. The van der Waals surface area contributed by atoms with Crippen LogP contribution in [0.2, 0.25) is 0 Å². The molecule has 0 aromatic heterocycles. The van der Waals surface area contributed by atoms with Crippen LogP contribution in [0, 0.1) is 0 Å². The fourth-order valence-corrected chi connectivity index (χ4v) is 6.59. The molecule has 13 heteroatoms. The van der Waals surface area contributed by atoms with Crippen LogP contribution in [-0.4, -0.2) is 71.0 Å². The van der Waals surface area contributed by atoms with E-state index in [1.165, 1.54) is 12.1 Å². The number of likely N-dealkylation sites (N-methyl/N-ethyl adjacent to an activating group) is 1. The molecule has 0 saturated carbocycles. The average molecular weight is 689 g/mol. The van der Waals surface area contributed by atoms with E-state index in [1.54, 1.807) is 55.5 Å². The Hall–Kier alpha value is -5.14. The number of allylic oxidation sites excluding steroid dienone is 1. The van der Waals surface area contributed by atoms with Gasteiger partial charge in [-0.1, -0.05) is 25.1 Å². The van der Waals surface area contributed by atoms with E-state index in [1.807, 2.05) is 11.8 Å². The zero-order valence-electron chi connectivity index (χ0n) is 28.0. The lowest BCUT2D eigenvalue weighted by Crippen LogP contribution is -2.45. The van der Waals surface area contributed by atoms with Crippen molar-refractivity contribution in [2.45, 2.75) is 45.5 Å². The minimum Gasteiger partial charge on any atom is -0.480 e. The van der Waals surface area contributed by atoms with Gasteiger partial charge < -0.3 is 31.3 Å². The highest BCUT2D eigenvalue weighted by atomic mass is 19.4. The van der Waals surface area contributed by atoms with Crippen molar-refractivity contribution in [3.8, 4) is 0 Å². The summed E-state index contributed by atoms with van der Waals surface area (Å²) in [5.41, 5.74) is 2.78. The Morgan fingerprint density at radius 1 is 0.980 bits per heavy atom. The van der Waals surface area contributed by atoms with E-state index in [0.717, 1.165) is 31.3 Å². The minimum atomic E-state index is -4.61. The largest absolute Gasteiger partial charge is 0.480 e. The van der Waals surface area contributed by atoms with Gasteiger partial charge in [0.15, 0.2) is 0 Å². The van der Waals surface area contributed by atoms with Gasteiger partial charge in [0.05, 0.1) is 16.8 Å². The van der Waals surface area contributed by atoms with Gasteiger partial charge in [-0.3, -0.25) is 14.5 Å². The third-order valence-corrected chi connectivity index (χ3v) is 9.44. The zero-order chi connectivity index (χ0) is 35.8. The molecule has 2 amide bonds. The number of piperazine rings is 1. The van der Waals surface area contributed by atoms with Crippen LogP contribution in [0.1, 0.15) is 54.2 Å². The summed E-state index contributed by atoms with van der Waals surface area (Å²) in [7, 11) is 0. The molecule has 0 spiro atoms. The molecule has 262 valence electrons. The van der Waals surface area contributed by atoms with Gasteiger partial charge in [-0.2, -0.15) is 13.2 Å². The lowest BCUT2D eigenvalue weighted by atomic mass is 9.98. The van der Waals surface area contributed by atoms with E-state index in [2.05, 4.69) is 33.1 Å². The molecule has 3 aliphatic heterocycles. The molecule has 5 N–H and O–H groups in total. The maximum Gasteiger partial charge on any atom is 0.416 e. The van der Waals surface area contributed by atoms with Gasteiger partial charge in [-0.25, -0.2) is 4.79 Å². The molecule has 3 aromatic carbocycles. The Morgan fingerprint density at radius 2 is 1.68 bits per heavy atom. The van der Waals surface area contributed by atoms with Crippen LogP contribution >= 0.6 is 0 Å². The molecule has 6 rings (SSSR count). The van der Waals surface area contributed by atoms with E-state index in [4.69, 9.17) is 0 Å². The first-order valence-corrected chi connectivity index (χ1v) is 16.4. The molecule has 3 heterocycles. The second-order valence-electron chi connectivity index (χ2n) is 13.1. The Kier molecular flexibility index (Phi) is 9.47. The zero-order valence-corrected chi connectivity index (χ0v) is 28.0. The first-order chi connectivity index (χ1) is 23.7. The summed E-state index contributed by atoms with van der Waals surface area (Å²) in [6.45, 7) is 9.54. The molecule has 1 saturated heterocycles. The van der Waals surface area contributed by atoms with E-state index in [-0.39, 0.29) is 23.6 Å². The summed E-state index contributed by atoms with van der Waals surface area (Å²) in [6, 6.07) is 15.8. The normalized spacial score (nSPS) is 20.4. The van der Waals surface area contributed by atoms with Crippen molar-refractivity contribution >= 4 is 46.1 Å². The third kappa shape index (κ3) is 7.38. The van der Waals surface area contributed by atoms with Crippen molar-refractivity contribution in [1.82, 2.24) is 15.1 Å². The van der Waals surface area contributed by atoms with Crippen LogP contribution in [0.3, 0.4) is 0 Å². The molecular formula is C37H39F3N6O4. The van der Waals surface area contributed by atoms with Crippen molar-refractivity contribution in [2.75, 3.05) is 48.7 Å². The lowest BCUT2D eigenvalue weighted by molar-refractivity contribution is -0.143. The number of nitrogens with zero attached hydrogens (tertiary/aromatic N) is 2. The van der Waals surface area contributed by atoms with E-state index in [0.29, 0.717) is 59.1 Å². The summed E-state index contributed by atoms with van der Waals surface area (Å²) >= 11 is 0. The molecule has 1 atom stereocenters. The number of carboxylic acid groups (broad SMARTS) is 1. The van der Waals surface area contributed by atoms with Crippen LogP contribution in [0.15, 0.2) is 78.0 Å². The van der Waals surface area contributed by atoms with Crippen LogP contribution < -0.4 is 21.3 Å². The maximum atomic E-state index is 14.1. The molecule has 3 aliphatic rings. The molecule has 1 fully saturated rings. The van der Waals surface area contributed by atoms with E-state index >= 15 is 0 Å². The molecular weight excluding hydrogens is 649 g/mol. The van der Waals surface area contributed by atoms with Crippen LogP contribution in [0.5, 0.6) is 0 Å². The number of halogens is 3. The Bertz CT molecular complexity index is 1910. The van der Waals surface area contributed by atoms with Crippen molar-refractivity contribution in [3.63, 3.8) is 0 Å². The highest BCUT2D eigenvalue weighted by Gasteiger charge is 2.39. The van der Waals surface area contributed by atoms with Crippen LogP contribution in [0.4, 0.5) is 35.9 Å². The number of carboxylic acids is 1. The van der Waals surface area contributed by atoms with Gasteiger partial charge in [-0.15, -0.1) is 0 Å². The first kappa shape index (κ1) is 34.7. The highest BCUT2D eigenvalue weighted by Crippen LogP contribution is 2.38. The highest BCUT2D eigenvalue weighted by molar-refractivity contribution is 6.32. The predicted molar refractivity (Wildman–Crippen MR) is 186 cm³/mol. The number of nitrogens with one attached hydrogen (secondary N) is 4. The molecule has 50 heavy (non-hydrogen) atoms. The number of fused-ring (bicyclic) bond motifs is 1. The quantitative estimate of drug-likeness (QED) is 0.166. The van der Waals surface area contributed by atoms with Gasteiger partial charge in [0, 0.05) is 73.0 Å². The number of rotatable bonds is 9. The van der Waals surface area contributed by atoms with Gasteiger partial charge in [-0.05, 0) is 80.1 Å². The van der Waals surface area contributed by atoms with E-state index in [9.17, 15) is 32.7 Å². The number of alkyl halides is 3. The Balaban J connectivity index is 1.13. The Labute approximate surface area is 288 Å². The molecule has 1 unspecified atom stereocenters. The van der Waals surface area contributed by atoms with Crippen molar-refractivity contribution < 1.29 is 32.7 Å². The molecule has 0 radical (unpaired) electrons. The topological polar surface area (TPSA) is 126 Å². The SMILES string of the molecule is CCN1CCN(Cc2ccc(C(=O)Nc3cccc(Nc4ccc5c(c4)NC(=O)C5=CC4=C(C)CC(C)(C(=O)O)N4)c3)cc2C(F)(F)F)CC1. The molecule has 0 aliphatic carbocycles. The average Bonchev–Trinajstić information content (AvgIpc) is 3.54. The van der Waals surface area contributed by atoms with Crippen LogP contribution in [0.25, 0.3) is 5.57 Å². The summed E-state index contributed by atoms with van der Waals surface area (Å²) in [4.78, 5) is 42.0. The summed E-state index contributed by atoms with van der Waals surface area (Å²) in [5, 5.41) is 21.4. The summed E-state index contributed by atoms with van der Waals surface area (Å²) in [6.07, 6.45) is -2.63. The second kappa shape index (κ2) is 13.6. The van der Waals surface area contributed by atoms with Crippen molar-refractivity contribution in [1.29, 1.82) is 0 Å². The summed E-state index contributed by atoms with van der Waals surface area (Å²) < 4.78 is 42.4. The number of amides is 2. The van der Waals surface area contributed by atoms with Gasteiger partial charge in [0.25, 0.3) is 11.8 Å². The first-order valence-electron chi connectivity index (χ1n) is 16.4. The van der Waals surface area contributed by atoms with Gasteiger partial charge in [0.2, 0.25) is 0 Å². The summed E-state index contributed by atoms with van der Waals surface area (Å²) in [5.74, 6) is -1.96. The van der Waals surface area contributed by atoms with Crippen molar-refractivity contribution in [2.24, 2.45) is 0 Å². The number of benzene rings is 3. The van der Waals surface area contributed by atoms with E-state index < -0.39 is 29.2 Å². The molecule has 0 bridgehead atoms. The predicted octanol–water partition coefficient (Wildman–Crippen LogP) is 6.28. The van der Waals surface area contributed by atoms with Gasteiger partial charge in [0.1, 0.15) is 5.54 Å². The minimum absolute atomic E-state index is 0.0974. The number of hydrogen-bond acceptors (Lipinski definition) is 7. The van der Waals surface area contributed by atoms with Crippen LogP contribution in [-0.2, 0) is 22.3 Å². The number of hydrogen-bond donors (Lipinski definition) is 5. The standard InChI is InChI=1S/C37H39F3N6O4/c1-4-45-12-14-46(15-13-45)21-24-9-8-23(16-30(24)37(38,39)40)33(47)42-26-7-5-6-25(17-26)41-27-10-11-28-29(34(48)43-32(28)18-27)19-31-22(2)20-36(3,44-31)35(49)50/h5-11,16-19,41,44H,4,12-15,20-21H2,1-3H3,(H,42,47)(H,43,48)(H,49,50). The molecule has 10 nitrogen and oxygen atoms in total. The second-order valence-corrected chi connectivity index (χ2v) is 13.1. The number of anilines is 4. The van der Waals surface area contributed by atoms with Gasteiger partial charge >= 0.3 is 12.1 Å². The number of carbonyl (C=O) groups is 3. The fraction of sp³-hybridized carbons (Fsp3) is 0.324. The monoisotopic (exact) mass is 688 g/mol. The van der Waals surface area contributed by atoms with Crippen molar-refractivity contribution in [3.05, 3.63) is 100 Å². The molecule has 3 aromatic rings. The smallest absolute Gasteiger partial charge is 0.416 e. The number of carbonyl (C=O) groups excluding carboxylic acids is 2. The number of aliphatic carboxylic acids is 1.